The van der Waals surface area contributed by atoms with E-state index in [-0.39, 0.29) is 260 Å². The van der Waals surface area contributed by atoms with Gasteiger partial charge in [-0.25, -0.2) is 9.59 Å². The fourth-order valence-electron chi connectivity index (χ4n) is 9.87. The third kappa shape index (κ3) is 70.4. The van der Waals surface area contributed by atoms with Crippen LogP contribution in [0.5, 0.6) is 0 Å². The summed E-state index contributed by atoms with van der Waals surface area (Å²) in [5.74, 6) is -9.63. The van der Waals surface area contributed by atoms with E-state index in [1.165, 1.54) is 41.9 Å². The third-order valence-electron chi connectivity index (χ3n) is 19.5. The van der Waals surface area contributed by atoms with Gasteiger partial charge in [0.05, 0.1) is 65.2 Å². The fourth-order valence-corrected chi connectivity index (χ4v) is 9.87. The van der Waals surface area contributed by atoms with E-state index in [0.29, 0.717) is 60.8 Å². The molecule has 0 aromatic heterocycles. The number of hydrogen-bond donors (Lipinski definition) is 2. The van der Waals surface area contributed by atoms with Crippen molar-refractivity contribution < 1.29 is 304 Å². The smallest absolute Gasteiger partial charge is 0.549 e. The van der Waals surface area contributed by atoms with Crippen LogP contribution < -0.4 is 208 Å². The van der Waals surface area contributed by atoms with Gasteiger partial charge in [-0.05, 0) is 169 Å². The standard InChI is InChI=1S/4C15H21NO4.2C12H20O4.C9H16O2.6Na/c4*1-3-11(2)13-6-4-12(5-7-13)8-16(9-14(17)18)10-15(19)20;2*1-6-12(4,5)11(14)16-8-7-15-10(13)9(2)3;1-5-7-11-8(10)9(3,4)6-2;;;;;;/h4*4-7,11H,3,8-10H2,1-2H3,(H,17,18)(H,19,20);2*2,6-8H2,1,3-5H3;5H,1,6-7H2,2-4H3;;;;;;/q;;;;;;;6*+1/p-6. The second kappa shape index (κ2) is 79.3. The van der Waals surface area contributed by atoms with Gasteiger partial charge in [-0.2, -0.15) is 0 Å². The van der Waals surface area contributed by atoms with Gasteiger partial charge in [0.2, 0.25) is 0 Å². The number of carboxylic acids is 8. The van der Waals surface area contributed by atoms with Gasteiger partial charge < -0.3 is 93.3 Å². The second-order valence-corrected chi connectivity index (χ2v) is 31.5. The van der Waals surface area contributed by atoms with Gasteiger partial charge in [-0.1, -0.05) is 199 Å². The summed E-state index contributed by atoms with van der Waals surface area (Å²) in [7, 11) is 0. The Morgan fingerprint density at radius 2 is 0.512 bits per heavy atom. The monoisotopic (exact) mass is 1860 g/mol. The number of hydrogen-bond acceptors (Lipinski definition) is 28. The second-order valence-electron chi connectivity index (χ2n) is 31.5. The quantitative estimate of drug-likeness (QED) is 0.0104. The first kappa shape index (κ1) is 142. The molecule has 688 valence electrons. The molecule has 0 aliphatic carbocycles. The molecule has 0 saturated heterocycles. The predicted octanol–water partition coefficient (Wildman–Crippen LogP) is -11.0. The van der Waals surface area contributed by atoms with Crippen LogP contribution in [0.4, 0.5) is 0 Å². The van der Waals surface area contributed by atoms with E-state index >= 15 is 0 Å². The Labute approximate surface area is 897 Å². The summed E-state index contributed by atoms with van der Waals surface area (Å²) >= 11 is 0. The van der Waals surface area contributed by atoms with Crippen LogP contribution in [-0.2, 0) is 112 Å². The van der Waals surface area contributed by atoms with Gasteiger partial charge in [0, 0.05) is 76.6 Å². The van der Waals surface area contributed by atoms with E-state index in [2.05, 4.69) is 75.1 Å². The van der Waals surface area contributed by atoms with Gasteiger partial charge in [0.25, 0.3) is 0 Å². The fraction of sp³-hybridized carbons (Fsp3) is 0.538. The van der Waals surface area contributed by atoms with E-state index in [0.717, 1.165) is 54.4 Å². The molecule has 4 unspecified atom stereocenters. The van der Waals surface area contributed by atoms with E-state index in [9.17, 15) is 93.0 Å². The van der Waals surface area contributed by atoms with Crippen molar-refractivity contribution >= 4 is 77.6 Å². The minimum absolute atomic E-state index is 0. The molecule has 30 nitrogen and oxygen atoms in total. The summed E-state index contributed by atoms with van der Waals surface area (Å²) in [6.07, 6.45) is 7.97. The first-order chi connectivity index (χ1) is 57.3. The summed E-state index contributed by atoms with van der Waals surface area (Å²) in [5, 5.41) is 81.2. The maximum absolute atomic E-state index is 11.5. The maximum atomic E-state index is 11.5. The number of rotatable bonds is 48. The molecule has 0 amide bonds. The van der Waals surface area contributed by atoms with Crippen LogP contribution in [0.1, 0.15) is 245 Å². The molecule has 36 heteroatoms. The molecule has 4 aromatic rings. The van der Waals surface area contributed by atoms with Gasteiger partial charge >= 0.3 is 219 Å². The van der Waals surface area contributed by atoms with Crippen LogP contribution in [0.15, 0.2) is 134 Å². The van der Waals surface area contributed by atoms with Crippen LogP contribution in [-0.4, -0.2) is 193 Å². The Morgan fingerprint density at radius 1 is 0.333 bits per heavy atom. The first-order valence-electron chi connectivity index (χ1n) is 41.0. The number of aliphatic carboxylic acids is 8. The van der Waals surface area contributed by atoms with Gasteiger partial charge in [0.1, 0.15) is 33.0 Å². The topological polar surface area (TPSA) is 460 Å². The largest absolute Gasteiger partial charge is 1.00 e. The average molecular weight is 1860 g/mol. The van der Waals surface area contributed by atoms with Crippen molar-refractivity contribution in [2.45, 2.75) is 226 Å². The third-order valence-corrected chi connectivity index (χ3v) is 19.5. The molecule has 0 spiro atoms. The molecule has 0 aliphatic heterocycles. The van der Waals surface area contributed by atoms with Crippen LogP contribution in [0.25, 0.3) is 0 Å². The molecule has 4 atom stereocenters. The molecule has 4 rings (SSSR count). The van der Waals surface area contributed by atoms with Crippen LogP contribution in [0.3, 0.4) is 0 Å². The Bertz CT molecular complexity index is 3470. The molecule has 129 heavy (non-hydrogen) atoms. The SMILES string of the molecule is C=C(C)C(=O)OCCOC(=O)C(C)(C)CC.C=C(C)C(=O)OCCOC(=O)C(C)(C)CC.C=CCOC(=O)C(C)(C)CC.CCC(C)c1ccc(CN(CC(=O)O)CC(=O)O)cc1.CCC(C)c1ccc(CN(CC(=O)[O-])CC(=O)[O-])cc1.CCC(C)c1ccc(CN(CC(=O)[O-])CC(=O)[O-])cc1.CCC(C)c1ccc(CN(CC(=O)[O-])CC(=O)[O-])cc1.[Na+].[Na+].[Na+].[Na+].[Na+].[Na+]. The van der Waals surface area contributed by atoms with Crippen LogP contribution >= 0.6 is 0 Å². The molecule has 4 aromatic carbocycles. The molecule has 0 radical (unpaired) electrons. The van der Waals surface area contributed by atoms with Crippen molar-refractivity contribution in [3.63, 3.8) is 0 Å². The summed E-state index contributed by atoms with van der Waals surface area (Å²) in [5.41, 5.74) is 7.70. The zero-order valence-electron chi connectivity index (χ0n) is 81.7. The zero-order valence-corrected chi connectivity index (χ0v) is 93.7. The number of ether oxygens (including phenoxy) is 5. The Kier molecular flexibility index (Phi) is 87.2. The van der Waals surface area contributed by atoms with Gasteiger partial charge in [-0.3, -0.25) is 43.6 Å². The number of nitrogens with zero attached hydrogens (tertiary/aromatic N) is 4. The molecule has 2 N–H and O–H groups in total. The molecule has 0 saturated carbocycles. The number of benzene rings is 4. The van der Waals surface area contributed by atoms with Crippen molar-refractivity contribution in [3.05, 3.63) is 179 Å². The zero-order chi connectivity index (χ0) is 94.9. The summed E-state index contributed by atoms with van der Waals surface area (Å²) in [6.45, 7) is 45.8. The van der Waals surface area contributed by atoms with E-state index in [1.807, 2.05) is 159 Å². The Morgan fingerprint density at radius 3 is 0.667 bits per heavy atom. The molecule has 0 aliphatic rings. The predicted molar refractivity (Wildman–Crippen MR) is 454 cm³/mol. The molecule has 0 fully saturated rings. The van der Waals surface area contributed by atoms with E-state index in [4.69, 9.17) is 33.9 Å². The van der Waals surface area contributed by atoms with Crippen molar-refractivity contribution in [2.75, 3.05) is 85.4 Å². The Hall–Kier alpha value is -4.95. The maximum Gasteiger partial charge on any atom is 1.00 e. The average Bonchev–Trinajstić information content (AvgIpc) is 0.884. The van der Waals surface area contributed by atoms with E-state index in [1.54, 1.807) is 19.9 Å². The molecule has 0 heterocycles. The minimum atomic E-state index is -1.30. The van der Waals surface area contributed by atoms with Gasteiger partial charge in [0.15, 0.2) is 0 Å². The van der Waals surface area contributed by atoms with Crippen molar-refractivity contribution in [1.82, 2.24) is 19.6 Å². The number of esters is 5. The molecule has 0 bridgehead atoms. The van der Waals surface area contributed by atoms with Crippen LogP contribution in [0, 0.1) is 16.2 Å². The number of carboxylic acid groups (broad SMARTS) is 8. The molecular weight excluding hydrogens is 1730 g/mol. The Balaban J connectivity index is -0.000000186. The molecular formula is C93H134N4Na6O26. The normalized spacial score (nSPS) is 11.2. The number of carbonyl (C=O) groups excluding carboxylic acids is 11. The van der Waals surface area contributed by atoms with Gasteiger partial charge in [-0.15, -0.1) is 0 Å². The first-order valence-corrected chi connectivity index (χ1v) is 41.0. The summed E-state index contributed by atoms with van der Waals surface area (Å²) in [4.78, 5) is 146. The minimum Gasteiger partial charge on any atom is -0.549 e. The van der Waals surface area contributed by atoms with Crippen molar-refractivity contribution in [1.29, 1.82) is 0 Å². The summed E-state index contributed by atoms with van der Waals surface area (Å²) < 4.78 is 24.4. The number of carbonyl (C=O) groups is 13. The summed E-state index contributed by atoms with van der Waals surface area (Å²) in [6, 6.07) is 31.1. The van der Waals surface area contributed by atoms with Crippen molar-refractivity contribution in [2.24, 2.45) is 16.2 Å². The van der Waals surface area contributed by atoms with Crippen molar-refractivity contribution in [3.8, 4) is 0 Å². The van der Waals surface area contributed by atoms with Crippen LogP contribution in [0.2, 0.25) is 0 Å². The van der Waals surface area contributed by atoms with E-state index < -0.39 is 110 Å².